The van der Waals surface area contributed by atoms with Gasteiger partial charge in [-0.1, -0.05) is 0 Å². The number of rotatable bonds is 3. The average Bonchev–Trinajstić information content (AvgIpc) is 3.40. The third kappa shape index (κ3) is 2.82. The first kappa shape index (κ1) is 16.5. The number of nitriles is 1. The Morgan fingerprint density at radius 2 is 1.85 bits per heavy atom. The third-order valence-electron chi connectivity index (χ3n) is 6.21. The van der Waals surface area contributed by atoms with E-state index in [9.17, 15) is 10.1 Å². The summed E-state index contributed by atoms with van der Waals surface area (Å²) in [5.41, 5.74) is 5.21. The molecule has 0 saturated carbocycles. The molecule has 0 amide bonds. The Labute approximate surface area is 158 Å². The maximum Gasteiger partial charge on any atom is 0.267 e. The summed E-state index contributed by atoms with van der Waals surface area (Å²) < 4.78 is 1.63. The number of aryl methyl sites for hydroxylation is 4. The molecule has 0 spiro atoms. The Morgan fingerprint density at radius 1 is 1.07 bits per heavy atom. The highest BCUT2D eigenvalue weighted by Gasteiger charge is 2.30. The van der Waals surface area contributed by atoms with E-state index >= 15 is 0 Å². The van der Waals surface area contributed by atoms with E-state index in [1.165, 1.54) is 5.56 Å². The third-order valence-corrected chi connectivity index (χ3v) is 6.21. The first-order chi connectivity index (χ1) is 13.2. The molecule has 0 bridgehead atoms. The zero-order valence-electron chi connectivity index (χ0n) is 15.4. The molecule has 6 heteroatoms. The van der Waals surface area contributed by atoms with E-state index in [1.54, 1.807) is 10.7 Å². The molecular formula is C21H23N5O. The molecule has 3 aliphatic rings. The van der Waals surface area contributed by atoms with Gasteiger partial charge in [-0.15, -0.1) is 0 Å². The maximum atomic E-state index is 12.5. The van der Waals surface area contributed by atoms with Gasteiger partial charge < -0.3 is 4.90 Å². The van der Waals surface area contributed by atoms with Crippen LogP contribution in [0.3, 0.4) is 0 Å². The van der Waals surface area contributed by atoms with Gasteiger partial charge in [-0.2, -0.15) is 10.4 Å². The minimum Gasteiger partial charge on any atom is -0.351 e. The SMILES string of the molecule is N#Cc1cc2c(nc1N1CCCC1Cn1nc3c(cc1=O)CCC3)CCC2. The van der Waals surface area contributed by atoms with E-state index in [4.69, 9.17) is 4.98 Å². The molecule has 27 heavy (non-hydrogen) atoms. The lowest BCUT2D eigenvalue weighted by Gasteiger charge is -2.27. The van der Waals surface area contributed by atoms with Crippen molar-refractivity contribution in [2.45, 2.75) is 64.0 Å². The number of aromatic nitrogens is 3. The van der Waals surface area contributed by atoms with Crippen LogP contribution >= 0.6 is 0 Å². The van der Waals surface area contributed by atoms with Crippen molar-refractivity contribution in [3.8, 4) is 6.07 Å². The molecule has 2 aliphatic carbocycles. The zero-order valence-corrected chi connectivity index (χ0v) is 15.4. The normalized spacial score (nSPS) is 20.6. The molecule has 138 valence electrons. The summed E-state index contributed by atoms with van der Waals surface area (Å²) in [4.78, 5) is 19.6. The average molecular weight is 361 g/mol. The number of pyridine rings is 1. The first-order valence-electron chi connectivity index (χ1n) is 10.0. The lowest BCUT2D eigenvalue weighted by molar-refractivity contribution is 0.481. The van der Waals surface area contributed by atoms with Crippen molar-refractivity contribution in [2.24, 2.45) is 0 Å². The molecule has 1 atom stereocenters. The molecule has 3 heterocycles. The van der Waals surface area contributed by atoms with Gasteiger partial charge in [-0.25, -0.2) is 9.67 Å². The Kier molecular flexibility index (Phi) is 3.96. The molecule has 1 aliphatic heterocycles. The summed E-state index contributed by atoms with van der Waals surface area (Å²) in [6.45, 7) is 1.45. The molecular weight excluding hydrogens is 338 g/mol. The molecule has 1 fully saturated rings. The van der Waals surface area contributed by atoms with Crippen molar-refractivity contribution in [3.05, 3.63) is 50.6 Å². The molecule has 0 radical (unpaired) electrons. The van der Waals surface area contributed by atoms with Gasteiger partial charge in [0.2, 0.25) is 0 Å². The van der Waals surface area contributed by atoms with Crippen molar-refractivity contribution >= 4 is 5.82 Å². The highest BCUT2D eigenvalue weighted by molar-refractivity contribution is 5.58. The van der Waals surface area contributed by atoms with Crippen LogP contribution in [0, 0.1) is 11.3 Å². The Hall–Kier alpha value is -2.68. The van der Waals surface area contributed by atoms with Gasteiger partial charge in [0.25, 0.3) is 5.56 Å². The molecule has 6 nitrogen and oxygen atoms in total. The van der Waals surface area contributed by atoms with Gasteiger partial charge in [0.1, 0.15) is 11.9 Å². The number of hydrogen-bond donors (Lipinski definition) is 0. The van der Waals surface area contributed by atoms with Gasteiger partial charge in [-0.05, 0) is 68.6 Å². The number of fused-ring (bicyclic) bond motifs is 2. The van der Waals surface area contributed by atoms with Crippen LogP contribution in [0.25, 0.3) is 0 Å². The minimum atomic E-state index is -0.00933. The summed E-state index contributed by atoms with van der Waals surface area (Å²) >= 11 is 0. The van der Waals surface area contributed by atoms with Crippen LogP contribution < -0.4 is 10.5 Å². The standard InChI is InChI=1S/C21H23N5O/c22-12-16-10-14-4-1-7-18(14)23-21(16)25-9-3-6-17(25)13-26-20(27)11-15-5-2-8-19(15)24-26/h10-11,17H,1-9,13H2. The summed E-state index contributed by atoms with van der Waals surface area (Å²) in [7, 11) is 0. The van der Waals surface area contributed by atoms with Gasteiger partial charge in [-0.3, -0.25) is 4.79 Å². The molecule has 0 N–H and O–H groups in total. The fourth-order valence-corrected chi connectivity index (χ4v) is 4.84. The molecule has 0 aromatic carbocycles. The van der Waals surface area contributed by atoms with Crippen molar-refractivity contribution in [2.75, 3.05) is 11.4 Å². The summed E-state index contributed by atoms with van der Waals surface area (Å²) in [5.74, 6) is 0.801. The highest BCUT2D eigenvalue weighted by atomic mass is 16.1. The zero-order chi connectivity index (χ0) is 18.4. The number of hydrogen-bond acceptors (Lipinski definition) is 5. The van der Waals surface area contributed by atoms with Crippen LogP contribution in [0.4, 0.5) is 5.82 Å². The first-order valence-corrected chi connectivity index (χ1v) is 10.0. The van der Waals surface area contributed by atoms with E-state index in [0.717, 1.165) is 80.7 Å². The lowest BCUT2D eigenvalue weighted by Crippen LogP contribution is -2.38. The predicted molar refractivity (Wildman–Crippen MR) is 102 cm³/mol. The van der Waals surface area contributed by atoms with Gasteiger partial charge >= 0.3 is 0 Å². The van der Waals surface area contributed by atoms with E-state index in [1.807, 2.05) is 6.07 Å². The van der Waals surface area contributed by atoms with Crippen molar-refractivity contribution in [1.82, 2.24) is 14.8 Å². The van der Waals surface area contributed by atoms with E-state index in [0.29, 0.717) is 12.1 Å². The van der Waals surface area contributed by atoms with E-state index in [2.05, 4.69) is 16.1 Å². The monoisotopic (exact) mass is 361 g/mol. The molecule has 1 saturated heterocycles. The van der Waals surface area contributed by atoms with E-state index in [-0.39, 0.29) is 11.6 Å². The van der Waals surface area contributed by atoms with Gasteiger partial charge in [0, 0.05) is 18.3 Å². The topological polar surface area (TPSA) is 74.8 Å². The smallest absolute Gasteiger partial charge is 0.267 e. The summed E-state index contributed by atoms with van der Waals surface area (Å²) in [6, 6.07) is 6.30. The Morgan fingerprint density at radius 3 is 2.67 bits per heavy atom. The van der Waals surface area contributed by atoms with Gasteiger partial charge in [0.05, 0.1) is 23.8 Å². The number of nitrogens with zero attached hydrogens (tertiary/aromatic N) is 5. The Balaban J connectivity index is 1.47. The Bertz CT molecular complexity index is 1000. The minimum absolute atomic E-state index is 0.00933. The molecule has 5 rings (SSSR count). The molecule has 2 aromatic heterocycles. The van der Waals surface area contributed by atoms with Crippen LogP contribution in [0.15, 0.2) is 16.9 Å². The highest BCUT2D eigenvalue weighted by Crippen LogP contribution is 2.31. The van der Waals surface area contributed by atoms with Crippen molar-refractivity contribution in [1.29, 1.82) is 5.26 Å². The second kappa shape index (κ2) is 6.49. The van der Waals surface area contributed by atoms with Crippen molar-refractivity contribution in [3.63, 3.8) is 0 Å². The van der Waals surface area contributed by atoms with Crippen LogP contribution in [-0.2, 0) is 32.2 Å². The van der Waals surface area contributed by atoms with Crippen LogP contribution in [0.2, 0.25) is 0 Å². The van der Waals surface area contributed by atoms with E-state index < -0.39 is 0 Å². The van der Waals surface area contributed by atoms with Gasteiger partial charge in [0.15, 0.2) is 0 Å². The van der Waals surface area contributed by atoms with Crippen molar-refractivity contribution < 1.29 is 0 Å². The predicted octanol–water partition coefficient (Wildman–Crippen LogP) is 2.16. The lowest BCUT2D eigenvalue weighted by atomic mass is 10.1. The quantitative estimate of drug-likeness (QED) is 0.837. The fourth-order valence-electron chi connectivity index (χ4n) is 4.84. The number of anilines is 1. The second-order valence-electron chi connectivity index (χ2n) is 7.91. The summed E-state index contributed by atoms with van der Waals surface area (Å²) in [6.07, 6.45) is 8.21. The summed E-state index contributed by atoms with van der Waals surface area (Å²) in [5, 5.41) is 14.3. The van der Waals surface area contributed by atoms with Crippen LogP contribution in [-0.4, -0.2) is 27.4 Å². The maximum absolute atomic E-state index is 12.5. The largest absolute Gasteiger partial charge is 0.351 e. The molecule has 2 aromatic rings. The second-order valence-corrected chi connectivity index (χ2v) is 7.91. The molecule has 1 unspecified atom stereocenters. The van der Waals surface area contributed by atoms with Crippen LogP contribution in [0.5, 0.6) is 0 Å². The fraction of sp³-hybridized carbons (Fsp3) is 0.524. The van der Waals surface area contributed by atoms with Crippen LogP contribution in [0.1, 0.15) is 53.8 Å².